The van der Waals surface area contributed by atoms with E-state index in [9.17, 15) is 18.0 Å². The van der Waals surface area contributed by atoms with E-state index in [2.05, 4.69) is 34.5 Å². The summed E-state index contributed by atoms with van der Waals surface area (Å²) in [4.78, 5) is 28.5. The minimum atomic E-state index is -3.60. The van der Waals surface area contributed by atoms with E-state index in [0.29, 0.717) is 52.2 Å². The summed E-state index contributed by atoms with van der Waals surface area (Å²) < 4.78 is 34.0. The van der Waals surface area contributed by atoms with Gasteiger partial charge in [0.1, 0.15) is 0 Å². The molecule has 3 aliphatic rings. The van der Waals surface area contributed by atoms with Crippen LogP contribution >= 0.6 is 0 Å². The number of nitrogens with one attached hydrogen (secondary N) is 1. The molecule has 2 fully saturated rings. The molecule has 2 amide bonds. The van der Waals surface area contributed by atoms with Crippen LogP contribution in [0.25, 0.3) is 0 Å². The molecule has 3 heterocycles. The molecule has 10 nitrogen and oxygen atoms in total. The molecule has 0 spiro atoms. The zero-order valence-electron chi connectivity index (χ0n) is 21.2. The van der Waals surface area contributed by atoms with Crippen molar-refractivity contribution in [3.8, 4) is 0 Å². The zero-order valence-corrected chi connectivity index (χ0v) is 22.0. The Kier molecular flexibility index (Phi) is 9.21. The van der Waals surface area contributed by atoms with Crippen molar-refractivity contribution < 1.29 is 22.7 Å². The van der Waals surface area contributed by atoms with Gasteiger partial charge in [-0.3, -0.25) is 9.69 Å². The predicted molar refractivity (Wildman–Crippen MR) is 136 cm³/mol. The molecule has 4 rings (SSSR count). The van der Waals surface area contributed by atoms with Gasteiger partial charge in [0.05, 0.1) is 6.61 Å². The summed E-state index contributed by atoms with van der Waals surface area (Å²) in [5.41, 5.74) is 2.84. The van der Waals surface area contributed by atoms with Gasteiger partial charge in [0.25, 0.3) is 10.2 Å². The largest absolute Gasteiger partial charge is 0.450 e. The molecule has 1 aromatic carbocycles. The Morgan fingerprint density at radius 3 is 2.33 bits per heavy atom. The topological polar surface area (TPSA) is 102 Å². The molecule has 0 aromatic heterocycles. The van der Waals surface area contributed by atoms with Gasteiger partial charge < -0.3 is 15.0 Å². The molecule has 0 aliphatic carbocycles. The van der Waals surface area contributed by atoms with E-state index in [1.165, 1.54) is 24.6 Å². The normalized spacial score (nSPS) is 20.6. The summed E-state index contributed by atoms with van der Waals surface area (Å²) in [5, 5.41) is 3.06. The molecular formula is C25H39N5O5S. The van der Waals surface area contributed by atoms with Crippen LogP contribution in [0, 0.1) is 5.92 Å². The first-order valence-corrected chi connectivity index (χ1v) is 14.5. The van der Waals surface area contributed by atoms with Gasteiger partial charge in [-0.2, -0.15) is 17.0 Å². The standard InChI is InChI=1S/C25H39N5O5S/c1-2-35-25(32)28-16-18-30(19-17-28)36(33,34)29-14-9-22(10-15-29)24(31)26-11-5-12-27-13-8-21-6-3-4-7-23(21)20-27/h3-4,6-7,22H,2,5,8-20H2,1H3,(H,26,31). The first-order valence-electron chi connectivity index (χ1n) is 13.1. The number of carbonyl (C=O) groups excluding carboxylic acids is 2. The van der Waals surface area contributed by atoms with Crippen LogP contribution in [0.1, 0.15) is 37.3 Å². The SMILES string of the molecule is CCOC(=O)N1CCN(S(=O)(=O)N2CCC(C(=O)NCCCN3CCc4ccccc4C3)CC2)CC1. The maximum Gasteiger partial charge on any atom is 0.409 e. The average Bonchev–Trinajstić information content (AvgIpc) is 2.91. The van der Waals surface area contributed by atoms with Crippen LogP contribution in [0.4, 0.5) is 4.79 Å². The predicted octanol–water partition coefficient (Wildman–Crippen LogP) is 1.28. The summed E-state index contributed by atoms with van der Waals surface area (Å²) >= 11 is 0. The minimum Gasteiger partial charge on any atom is -0.450 e. The maximum atomic E-state index is 13.1. The van der Waals surface area contributed by atoms with Crippen molar-refractivity contribution in [3.63, 3.8) is 0 Å². The number of piperazine rings is 1. The number of piperidine rings is 1. The van der Waals surface area contributed by atoms with Gasteiger partial charge in [-0.1, -0.05) is 24.3 Å². The van der Waals surface area contributed by atoms with Crippen molar-refractivity contribution in [3.05, 3.63) is 35.4 Å². The van der Waals surface area contributed by atoms with Gasteiger partial charge in [-0.05, 0) is 43.7 Å². The summed E-state index contributed by atoms with van der Waals surface area (Å²) in [7, 11) is -3.60. The number of fused-ring (bicyclic) bond motifs is 1. The van der Waals surface area contributed by atoms with Crippen LogP contribution in [0.2, 0.25) is 0 Å². The van der Waals surface area contributed by atoms with Crippen LogP contribution in [-0.4, -0.2) is 104 Å². The lowest BCUT2D eigenvalue weighted by molar-refractivity contribution is -0.126. The molecule has 1 N–H and O–H groups in total. The van der Waals surface area contributed by atoms with E-state index >= 15 is 0 Å². The zero-order chi connectivity index (χ0) is 25.5. The second-order valence-electron chi connectivity index (χ2n) is 9.71. The van der Waals surface area contributed by atoms with Crippen LogP contribution in [0.5, 0.6) is 0 Å². The number of ether oxygens (including phenoxy) is 1. The summed E-state index contributed by atoms with van der Waals surface area (Å²) in [6.07, 6.45) is 2.62. The summed E-state index contributed by atoms with van der Waals surface area (Å²) in [5.74, 6) is -0.127. The highest BCUT2D eigenvalue weighted by Crippen LogP contribution is 2.23. The molecular weight excluding hydrogens is 482 g/mol. The summed E-state index contributed by atoms with van der Waals surface area (Å²) in [6, 6.07) is 8.58. The molecule has 200 valence electrons. The van der Waals surface area contributed by atoms with Gasteiger partial charge in [0, 0.05) is 71.4 Å². The third kappa shape index (κ3) is 6.56. The van der Waals surface area contributed by atoms with Gasteiger partial charge in [-0.15, -0.1) is 0 Å². The van der Waals surface area contributed by atoms with Crippen molar-refractivity contribution in [1.29, 1.82) is 0 Å². The Labute approximate surface area is 214 Å². The molecule has 0 bridgehead atoms. The molecule has 36 heavy (non-hydrogen) atoms. The Morgan fingerprint density at radius 1 is 0.972 bits per heavy atom. The Morgan fingerprint density at radius 2 is 1.64 bits per heavy atom. The molecule has 0 atom stereocenters. The van der Waals surface area contributed by atoms with E-state index in [1.807, 2.05) is 0 Å². The number of carbonyl (C=O) groups is 2. The van der Waals surface area contributed by atoms with E-state index in [1.54, 1.807) is 6.92 Å². The third-order valence-electron chi connectivity index (χ3n) is 7.40. The molecule has 2 saturated heterocycles. The first-order chi connectivity index (χ1) is 17.4. The number of rotatable bonds is 8. The third-order valence-corrected chi connectivity index (χ3v) is 9.44. The second kappa shape index (κ2) is 12.4. The number of hydrogen-bond donors (Lipinski definition) is 1. The number of hydrogen-bond acceptors (Lipinski definition) is 6. The van der Waals surface area contributed by atoms with Crippen molar-refractivity contribution >= 4 is 22.2 Å². The highest BCUT2D eigenvalue weighted by atomic mass is 32.2. The quantitative estimate of drug-likeness (QED) is 0.517. The molecule has 11 heteroatoms. The Balaban J connectivity index is 1.14. The average molecular weight is 522 g/mol. The summed E-state index contributed by atoms with van der Waals surface area (Å²) in [6.45, 7) is 7.48. The Hall–Kier alpha value is -2.21. The van der Waals surface area contributed by atoms with E-state index in [-0.39, 0.29) is 24.9 Å². The monoisotopic (exact) mass is 521 g/mol. The van der Waals surface area contributed by atoms with Gasteiger partial charge in [0.2, 0.25) is 5.91 Å². The lowest BCUT2D eigenvalue weighted by Gasteiger charge is -2.38. The molecule has 1 aromatic rings. The first kappa shape index (κ1) is 26.8. The van der Waals surface area contributed by atoms with Crippen LogP contribution in [-0.2, 0) is 32.7 Å². The van der Waals surface area contributed by atoms with E-state index in [4.69, 9.17) is 4.74 Å². The van der Waals surface area contributed by atoms with E-state index in [0.717, 1.165) is 32.5 Å². The van der Waals surface area contributed by atoms with Gasteiger partial charge >= 0.3 is 6.09 Å². The van der Waals surface area contributed by atoms with Crippen LogP contribution < -0.4 is 5.32 Å². The minimum absolute atomic E-state index is 0.0269. The van der Waals surface area contributed by atoms with Crippen molar-refractivity contribution in [2.24, 2.45) is 5.92 Å². The van der Waals surface area contributed by atoms with Crippen molar-refractivity contribution in [1.82, 2.24) is 23.7 Å². The maximum absolute atomic E-state index is 13.1. The molecule has 3 aliphatic heterocycles. The fraction of sp³-hybridized carbons (Fsp3) is 0.680. The number of benzene rings is 1. The van der Waals surface area contributed by atoms with Crippen molar-refractivity contribution in [2.75, 3.05) is 65.5 Å². The van der Waals surface area contributed by atoms with Gasteiger partial charge in [-0.25, -0.2) is 4.79 Å². The lowest BCUT2D eigenvalue weighted by atomic mass is 9.97. The highest BCUT2D eigenvalue weighted by molar-refractivity contribution is 7.86. The molecule has 0 unspecified atom stereocenters. The molecule has 0 radical (unpaired) electrons. The van der Waals surface area contributed by atoms with Crippen molar-refractivity contribution in [2.45, 2.75) is 39.2 Å². The smallest absolute Gasteiger partial charge is 0.409 e. The van der Waals surface area contributed by atoms with Crippen LogP contribution in [0.3, 0.4) is 0 Å². The second-order valence-corrected chi connectivity index (χ2v) is 11.6. The van der Waals surface area contributed by atoms with Crippen LogP contribution in [0.15, 0.2) is 24.3 Å². The molecule has 0 saturated carbocycles. The van der Waals surface area contributed by atoms with Gasteiger partial charge in [0.15, 0.2) is 0 Å². The fourth-order valence-corrected chi connectivity index (χ4v) is 6.86. The lowest BCUT2D eigenvalue weighted by Crippen LogP contribution is -2.55. The van der Waals surface area contributed by atoms with E-state index < -0.39 is 16.3 Å². The number of nitrogens with zero attached hydrogens (tertiary/aromatic N) is 4. The Bertz CT molecular complexity index is 1000. The highest BCUT2D eigenvalue weighted by Gasteiger charge is 2.37. The number of amides is 2. The fourth-order valence-electron chi connectivity index (χ4n) is 5.23.